The SMILES string of the molecule is CCC(N)Cc1ccnc(C2CN(C)CCCN2C)n1. The zero-order valence-electron chi connectivity index (χ0n) is 12.9. The monoisotopic (exact) mass is 277 g/mol. The number of nitrogens with zero attached hydrogens (tertiary/aromatic N) is 4. The lowest BCUT2D eigenvalue weighted by molar-refractivity contribution is 0.219. The number of likely N-dealkylation sites (N-methyl/N-ethyl adjacent to an activating group) is 2. The Balaban J connectivity index is 2.15. The van der Waals surface area contributed by atoms with Crippen molar-refractivity contribution in [1.82, 2.24) is 19.8 Å². The summed E-state index contributed by atoms with van der Waals surface area (Å²) < 4.78 is 0. The van der Waals surface area contributed by atoms with Gasteiger partial charge in [-0.05, 0) is 46.1 Å². The smallest absolute Gasteiger partial charge is 0.146 e. The molecule has 1 aromatic heterocycles. The first kappa shape index (κ1) is 15.4. The zero-order chi connectivity index (χ0) is 14.5. The summed E-state index contributed by atoms with van der Waals surface area (Å²) in [5, 5.41) is 0. The van der Waals surface area contributed by atoms with E-state index in [-0.39, 0.29) is 12.1 Å². The first-order valence-corrected chi connectivity index (χ1v) is 7.56. The lowest BCUT2D eigenvalue weighted by Crippen LogP contribution is -2.32. The molecule has 1 aromatic rings. The minimum atomic E-state index is 0.187. The van der Waals surface area contributed by atoms with Crippen molar-refractivity contribution in [1.29, 1.82) is 0 Å². The summed E-state index contributed by atoms with van der Waals surface area (Å²) in [5.74, 6) is 0.932. The number of rotatable bonds is 4. The third kappa shape index (κ3) is 3.98. The predicted molar refractivity (Wildman–Crippen MR) is 81.5 cm³/mol. The molecule has 1 saturated heterocycles. The summed E-state index contributed by atoms with van der Waals surface area (Å²) >= 11 is 0. The highest BCUT2D eigenvalue weighted by molar-refractivity contribution is 5.07. The summed E-state index contributed by atoms with van der Waals surface area (Å²) in [5.41, 5.74) is 7.09. The molecule has 0 aliphatic carbocycles. The highest BCUT2D eigenvalue weighted by Gasteiger charge is 2.24. The van der Waals surface area contributed by atoms with Crippen molar-refractivity contribution < 1.29 is 0 Å². The van der Waals surface area contributed by atoms with Gasteiger partial charge in [0.25, 0.3) is 0 Å². The summed E-state index contributed by atoms with van der Waals surface area (Å²) in [6.07, 6.45) is 4.88. The van der Waals surface area contributed by atoms with Gasteiger partial charge in [0.05, 0.1) is 6.04 Å². The fourth-order valence-corrected chi connectivity index (χ4v) is 2.65. The van der Waals surface area contributed by atoms with E-state index in [0.717, 1.165) is 44.0 Å². The van der Waals surface area contributed by atoms with Gasteiger partial charge in [-0.15, -0.1) is 0 Å². The third-order valence-electron chi connectivity index (χ3n) is 4.09. The topological polar surface area (TPSA) is 58.3 Å². The van der Waals surface area contributed by atoms with E-state index in [1.165, 1.54) is 6.42 Å². The average molecular weight is 277 g/mol. The number of aromatic nitrogens is 2. The first-order chi connectivity index (χ1) is 9.60. The number of hydrogen-bond acceptors (Lipinski definition) is 5. The molecule has 2 atom stereocenters. The molecule has 5 nitrogen and oxygen atoms in total. The highest BCUT2D eigenvalue weighted by Crippen LogP contribution is 2.20. The Morgan fingerprint density at radius 1 is 1.40 bits per heavy atom. The van der Waals surface area contributed by atoms with E-state index < -0.39 is 0 Å². The van der Waals surface area contributed by atoms with Crippen molar-refractivity contribution in [2.24, 2.45) is 5.73 Å². The van der Waals surface area contributed by atoms with Gasteiger partial charge in [0, 0.05) is 30.9 Å². The Labute approximate surface area is 122 Å². The second kappa shape index (κ2) is 7.11. The van der Waals surface area contributed by atoms with E-state index in [2.05, 4.69) is 35.8 Å². The molecule has 2 N–H and O–H groups in total. The van der Waals surface area contributed by atoms with Crippen molar-refractivity contribution in [3.8, 4) is 0 Å². The lowest BCUT2D eigenvalue weighted by Gasteiger charge is -2.26. The molecule has 1 fully saturated rings. The van der Waals surface area contributed by atoms with E-state index in [0.29, 0.717) is 0 Å². The van der Waals surface area contributed by atoms with Crippen LogP contribution in [0.4, 0.5) is 0 Å². The highest BCUT2D eigenvalue weighted by atomic mass is 15.2. The van der Waals surface area contributed by atoms with Gasteiger partial charge < -0.3 is 10.6 Å². The van der Waals surface area contributed by atoms with Crippen molar-refractivity contribution in [3.63, 3.8) is 0 Å². The maximum Gasteiger partial charge on any atom is 0.146 e. The molecule has 20 heavy (non-hydrogen) atoms. The van der Waals surface area contributed by atoms with Crippen LogP contribution in [0.5, 0.6) is 0 Å². The molecule has 2 heterocycles. The molecule has 1 aliphatic heterocycles. The van der Waals surface area contributed by atoms with Crippen molar-refractivity contribution in [3.05, 3.63) is 23.8 Å². The molecular weight excluding hydrogens is 250 g/mol. The molecule has 0 aromatic carbocycles. The average Bonchev–Trinajstić information content (AvgIpc) is 2.60. The quantitative estimate of drug-likeness (QED) is 0.892. The summed E-state index contributed by atoms with van der Waals surface area (Å²) in [7, 11) is 4.33. The summed E-state index contributed by atoms with van der Waals surface area (Å²) in [6, 6.07) is 2.45. The summed E-state index contributed by atoms with van der Waals surface area (Å²) in [4.78, 5) is 14.0. The molecule has 112 valence electrons. The number of nitrogens with two attached hydrogens (primary N) is 1. The lowest BCUT2D eigenvalue weighted by atomic mass is 10.1. The molecule has 0 spiro atoms. The minimum absolute atomic E-state index is 0.187. The molecule has 0 bridgehead atoms. The molecule has 0 amide bonds. The van der Waals surface area contributed by atoms with Crippen molar-refractivity contribution in [2.75, 3.05) is 33.7 Å². The van der Waals surface area contributed by atoms with Crippen LogP contribution in [0.25, 0.3) is 0 Å². The molecule has 2 rings (SSSR count). The van der Waals surface area contributed by atoms with Crippen molar-refractivity contribution in [2.45, 2.75) is 38.3 Å². The standard InChI is InChI=1S/C15H27N5/c1-4-12(16)10-13-6-7-17-15(18-13)14-11-19(2)8-5-9-20(14)3/h6-7,12,14H,4-5,8-11,16H2,1-3H3. The molecule has 0 radical (unpaired) electrons. The van der Waals surface area contributed by atoms with Crippen molar-refractivity contribution >= 4 is 0 Å². The van der Waals surface area contributed by atoms with Crippen LogP contribution in [0.3, 0.4) is 0 Å². The first-order valence-electron chi connectivity index (χ1n) is 7.56. The normalized spacial score (nSPS) is 23.5. The predicted octanol–water partition coefficient (Wildman–Crippen LogP) is 1.06. The van der Waals surface area contributed by atoms with E-state index in [1.807, 2.05) is 12.3 Å². The fraction of sp³-hybridized carbons (Fsp3) is 0.733. The van der Waals surface area contributed by atoms with Gasteiger partial charge in [-0.3, -0.25) is 4.90 Å². The molecular formula is C15H27N5. The maximum absolute atomic E-state index is 6.03. The third-order valence-corrected chi connectivity index (χ3v) is 4.09. The fourth-order valence-electron chi connectivity index (χ4n) is 2.65. The number of hydrogen-bond donors (Lipinski definition) is 1. The van der Waals surface area contributed by atoms with E-state index in [1.54, 1.807) is 0 Å². The molecule has 1 aliphatic rings. The Kier molecular flexibility index (Phi) is 5.46. The van der Waals surface area contributed by atoms with E-state index in [9.17, 15) is 0 Å². The van der Waals surface area contributed by atoms with Crippen LogP contribution < -0.4 is 5.73 Å². The Morgan fingerprint density at radius 3 is 2.95 bits per heavy atom. The van der Waals surface area contributed by atoms with Gasteiger partial charge in [-0.2, -0.15) is 0 Å². The van der Waals surface area contributed by atoms with E-state index >= 15 is 0 Å². The van der Waals surface area contributed by atoms with Crippen LogP contribution >= 0.6 is 0 Å². The maximum atomic E-state index is 6.03. The van der Waals surface area contributed by atoms with Crippen LogP contribution in [0.15, 0.2) is 12.3 Å². The Morgan fingerprint density at radius 2 is 2.20 bits per heavy atom. The van der Waals surface area contributed by atoms with Gasteiger partial charge in [0.15, 0.2) is 0 Å². The largest absolute Gasteiger partial charge is 0.327 e. The molecule has 5 heteroatoms. The van der Waals surface area contributed by atoms with Crippen LogP contribution in [0, 0.1) is 0 Å². The van der Waals surface area contributed by atoms with Crippen LogP contribution in [0.2, 0.25) is 0 Å². The van der Waals surface area contributed by atoms with Gasteiger partial charge in [-0.1, -0.05) is 6.92 Å². The summed E-state index contributed by atoms with van der Waals surface area (Å²) in [6.45, 7) is 5.33. The van der Waals surface area contributed by atoms with Gasteiger partial charge >= 0.3 is 0 Å². The molecule has 0 saturated carbocycles. The zero-order valence-corrected chi connectivity index (χ0v) is 12.9. The van der Waals surface area contributed by atoms with Crippen LogP contribution in [0.1, 0.15) is 37.3 Å². The van der Waals surface area contributed by atoms with Gasteiger partial charge in [-0.25, -0.2) is 9.97 Å². The minimum Gasteiger partial charge on any atom is -0.327 e. The van der Waals surface area contributed by atoms with Crippen LogP contribution in [-0.4, -0.2) is 59.5 Å². The Hall–Kier alpha value is -1.04. The second-order valence-electron chi connectivity index (χ2n) is 5.89. The van der Waals surface area contributed by atoms with E-state index in [4.69, 9.17) is 10.7 Å². The van der Waals surface area contributed by atoms with Gasteiger partial charge in [0.1, 0.15) is 5.82 Å². The second-order valence-corrected chi connectivity index (χ2v) is 5.89. The Bertz CT molecular complexity index is 422. The van der Waals surface area contributed by atoms with Gasteiger partial charge in [0.2, 0.25) is 0 Å². The molecule has 2 unspecified atom stereocenters. The van der Waals surface area contributed by atoms with Crippen LogP contribution in [-0.2, 0) is 6.42 Å².